The van der Waals surface area contributed by atoms with Crippen LogP contribution in [0.3, 0.4) is 0 Å². The van der Waals surface area contributed by atoms with Crippen molar-refractivity contribution < 1.29 is 19.0 Å². The first-order valence-corrected chi connectivity index (χ1v) is 7.54. The number of halogens is 1. The molecular formula is C18H15FN2O4. The van der Waals surface area contributed by atoms with Crippen LogP contribution in [-0.4, -0.2) is 27.6 Å². The van der Waals surface area contributed by atoms with Gasteiger partial charge in [0.15, 0.2) is 0 Å². The first-order chi connectivity index (χ1) is 12.0. The maximum Gasteiger partial charge on any atom is 0.306 e. The molecule has 3 aromatic rings. The van der Waals surface area contributed by atoms with E-state index in [4.69, 9.17) is 4.74 Å². The summed E-state index contributed by atoms with van der Waals surface area (Å²) in [6.45, 7) is 0. The summed E-state index contributed by atoms with van der Waals surface area (Å²) in [6, 6.07) is 10.3. The highest BCUT2D eigenvalue weighted by Gasteiger charge is 2.26. The molecule has 0 saturated heterocycles. The average Bonchev–Trinajstić information content (AvgIpc) is 2.61. The third kappa shape index (κ3) is 3.21. The van der Waals surface area contributed by atoms with Gasteiger partial charge in [-0.15, -0.1) is 0 Å². The molecule has 0 bridgehead atoms. The highest BCUT2D eigenvalue weighted by molar-refractivity contribution is 5.71. The van der Waals surface area contributed by atoms with Crippen LogP contribution in [0.15, 0.2) is 53.5 Å². The number of aromatic nitrogens is 2. The summed E-state index contributed by atoms with van der Waals surface area (Å²) in [5.74, 6) is -2.29. The molecule has 0 radical (unpaired) electrons. The third-order valence-electron chi connectivity index (χ3n) is 3.97. The topological polar surface area (TPSA) is 80.9 Å². The fourth-order valence-corrected chi connectivity index (χ4v) is 2.73. The van der Waals surface area contributed by atoms with Gasteiger partial charge >= 0.3 is 5.97 Å². The van der Waals surface area contributed by atoms with E-state index >= 15 is 0 Å². The van der Waals surface area contributed by atoms with Gasteiger partial charge in [0.05, 0.1) is 19.1 Å². The van der Waals surface area contributed by atoms with Crippen LogP contribution in [0.25, 0.3) is 5.65 Å². The minimum Gasteiger partial charge on any atom is -0.493 e. The number of esters is 1. The fourth-order valence-electron chi connectivity index (χ4n) is 2.73. The zero-order valence-electron chi connectivity index (χ0n) is 13.3. The second-order valence-electron chi connectivity index (χ2n) is 5.47. The summed E-state index contributed by atoms with van der Waals surface area (Å²) in [6.07, 6.45) is 1.33. The van der Waals surface area contributed by atoms with Gasteiger partial charge in [-0.3, -0.25) is 14.0 Å². The number of rotatable bonds is 4. The first-order valence-electron chi connectivity index (χ1n) is 7.54. The normalized spacial score (nSPS) is 12.1. The van der Waals surface area contributed by atoms with E-state index < -0.39 is 29.1 Å². The van der Waals surface area contributed by atoms with E-state index in [0.717, 1.165) is 0 Å². The van der Waals surface area contributed by atoms with Gasteiger partial charge in [-0.1, -0.05) is 18.2 Å². The fraction of sp³-hybridized carbons (Fsp3) is 0.167. The molecule has 0 aliphatic rings. The van der Waals surface area contributed by atoms with Gasteiger partial charge in [0, 0.05) is 12.1 Å². The van der Waals surface area contributed by atoms with Gasteiger partial charge < -0.3 is 9.84 Å². The van der Waals surface area contributed by atoms with Gasteiger partial charge in [0.2, 0.25) is 5.88 Å². The Morgan fingerprint density at radius 3 is 2.68 bits per heavy atom. The van der Waals surface area contributed by atoms with E-state index in [1.165, 1.54) is 42.0 Å². The van der Waals surface area contributed by atoms with Crippen LogP contribution >= 0.6 is 0 Å². The Hall–Kier alpha value is -3.22. The average molecular weight is 342 g/mol. The number of carbonyl (C=O) groups excluding carboxylic acids is 1. The predicted molar refractivity (Wildman–Crippen MR) is 88.0 cm³/mol. The van der Waals surface area contributed by atoms with Gasteiger partial charge in [0.1, 0.15) is 11.5 Å². The predicted octanol–water partition coefficient (Wildman–Crippen LogP) is 2.23. The molecule has 2 heterocycles. The lowest BCUT2D eigenvalue weighted by Crippen LogP contribution is -2.24. The number of carbonyl (C=O) groups is 1. The van der Waals surface area contributed by atoms with Crippen molar-refractivity contribution in [3.8, 4) is 5.88 Å². The summed E-state index contributed by atoms with van der Waals surface area (Å²) in [4.78, 5) is 28.7. The zero-order valence-corrected chi connectivity index (χ0v) is 13.3. The van der Waals surface area contributed by atoms with Crippen LogP contribution in [0.5, 0.6) is 5.88 Å². The maximum absolute atomic E-state index is 13.2. The summed E-state index contributed by atoms with van der Waals surface area (Å²) in [7, 11) is 1.23. The Kier molecular flexibility index (Phi) is 4.47. The van der Waals surface area contributed by atoms with Crippen molar-refractivity contribution in [2.45, 2.75) is 12.3 Å². The number of nitrogens with zero attached hydrogens (tertiary/aromatic N) is 2. The third-order valence-corrected chi connectivity index (χ3v) is 3.97. The van der Waals surface area contributed by atoms with E-state index in [-0.39, 0.29) is 17.6 Å². The molecule has 0 fully saturated rings. The molecule has 0 spiro atoms. The molecular weight excluding hydrogens is 327 g/mol. The highest BCUT2D eigenvalue weighted by atomic mass is 19.1. The SMILES string of the molecule is COC(=O)CC(c1ccc(F)cc1)c1c(O)nc2ccccn2c1=O. The highest BCUT2D eigenvalue weighted by Crippen LogP contribution is 2.31. The first kappa shape index (κ1) is 16.6. The molecule has 0 aliphatic carbocycles. The van der Waals surface area contributed by atoms with Crippen molar-refractivity contribution in [2.75, 3.05) is 7.11 Å². The van der Waals surface area contributed by atoms with Crippen LogP contribution in [0.2, 0.25) is 0 Å². The lowest BCUT2D eigenvalue weighted by atomic mass is 9.89. The summed E-state index contributed by atoms with van der Waals surface area (Å²) in [5, 5.41) is 10.3. The zero-order chi connectivity index (χ0) is 18.0. The van der Waals surface area contributed by atoms with Crippen molar-refractivity contribution in [2.24, 2.45) is 0 Å². The van der Waals surface area contributed by atoms with E-state index in [1.54, 1.807) is 18.2 Å². The summed E-state index contributed by atoms with van der Waals surface area (Å²) >= 11 is 0. The molecule has 2 aromatic heterocycles. The molecule has 128 valence electrons. The van der Waals surface area contributed by atoms with Crippen LogP contribution in [0.4, 0.5) is 4.39 Å². The van der Waals surface area contributed by atoms with E-state index in [9.17, 15) is 19.1 Å². The molecule has 1 N–H and O–H groups in total. The molecule has 25 heavy (non-hydrogen) atoms. The molecule has 0 aliphatic heterocycles. The van der Waals surface area contributed by atoms with Crippen molar-refractivity contribution in [1.29, 1.82) is 0 Å². The standard InChI is InChI=1S/C18H15FN2O4/c1-25-15(22)10-13(11-5-7-12(19)8-6-11)16-17(23)20-14-4-2-3-9-21(14)18(16)24/h2-9,13,23H,10H2,1H3. The minimum atomic E-state index is -0.815. The lowest BCUT2D eigenvalue weighted by molar-refractivity contribution is -0.140. The molecule has 6 nitrogen and oxygen atoms in total. The molecule has 0 saturated carbocycles. The number of methoxy groups -OCH3 is 1. The summed E-state index contributed by atoms with van der Waals surface area (Å²) < 4.78 is 19.2. The van der Waals surface area contributed by atoms with E-state index in [0.29, 0.717) is 5.56 Å². The minimum absolute atomic E-state index is 0.0410. The maximum atomic E-state index is 13.2. The van der Waals surface area contributed by atoms with Gasteiger partial charge in [-0.2, -0.15) is 4.98 Å². The van der Waals surface area contributed by atoms with Crippen molar-refractivity contribution in [1.82, 2.24) is 9.38 Å². The van der Waals surface area contributed by atoms with E-state index in [1.807, 2.05) is 0 Å². The Balaban J connectivity index is 2.22. The number of pyridine rings is 1. The number of benzene rings is 1. The molecule has 1 aromatic carbocycles. The smallest absolute Gasteiger partial charge is 0.306 e. The molecule has 1 atom stereocenters. The number of hydrogen-bond acceptors (Lipinski definition) is 5. The quantitative estimate of drug-likeness (QED) is 0.736. The molecule has 7 heteroatoms. The van der Waals surface area contributed by atoms with Crippen LogP contribution in [0.1, 0.15) is 23.5 Å². The number of ether oxygens (including phenoxy) is 1. The van der Waals surface area contributed by atoms with Gasteiger partial charge in [0.25, 0.3) is 5.56 Å². The molecule has 3 rings (SSSR count). The number of fused-ring (bicyclic) bond motifs is 1. The largest absolute Gasteiger partial charge is 0.493 e. The van der Waals surface area contributed by atoms with Crippen LogP contribution in [0, 0.1) is 5.82 Å². The Bertz CT molecular complexity index is 983. The second-order valence-corrected chi connectivity index (χ2v) is 5.47. The van der Waals surface area contributed by atoms with Crippen molar-refractivity contribution in [3.05, 3.63) is 76.0 Å². The van der Waals surface area contributed by atoms with Crippen LogP contribution in [-0.2, 0) is 9.53 Å². The number of aromatic hydroxyl groups is 1. The lowest BCUT2D eigenvalue weighted by Gasteiger charge is -2.17. The number of hydrogen-bond donors (Lipinski definition) is 1. The van der Waals surface area contributed by atoms with Crippen molar-refractivity contribution in [3.63, 3.8) is 0 Å². The Morgan fingerprint density at radius 1 is 1.28 bits per heavy atom. The molecule has 0 amide bonds. The van der Waals surface area contributed by atoms with Gasteiger partial charge in [-0.25, -0.2) is 4.39 Å². The Morgan fingerprint density at radius 2 is 2.00 bits per heavy atom. The van der Waals surface area contributed by atoms with E-state index in [2.05, 4.69) is 4.98 Å². The van der Waals surface area contributed by atoms with Gasteiger partial charge in [-0.05, 0) is 29.8 Å². The van der Waals surface area contributed by atoms with Crippen molar-refractivity contribution >= 4 is 11.6 Å². The Labute approximate surface area is 142 Å². The summed E-state index contributed by atoms with van der Waals surface area (Å²) in [5.41, 5.74) is 0.239. The monoisotopic (exact) mass is 342 g/mol. The van der Waals surface area contributed by atoms with Crippen LogP contribution < -0.4 is 5.56 Å². The molecule has 1 unspecified atom stereocenters. The second kappa shape index (κ2) is 6.72.